The van der Waals surface area contributed by atoms with E-state index in [1.165, 1.54) is 6.42 Å². The van der Waals surface area contributed by atoms with Crippen molar-refractivity contribution in [2.75, 3.05) is 0 Å². The van der Waals surface area contributed by atoms with Crippen LogP contribution in [0.4, 0.5) is 0 Å². The second-order valence-corrected chi connectivity index (χ2v) is 4.16. The predicted molar refractivity (Wildman–Crippen MR) is 43.2 cm³/mol. The first-order valence-electron chi connectivity index (χ1n) is 3.42. The Kier molecular flexibility index (Phi) is 5.12. The highest BCUT2D eigenvalue weighted by Crippen LogP contribution is 2.23. The van der Waals surface area contributed by atoms with Crippen LogP contribution < -0.4 is 0 Å². The smallest absolute Gasteiger partial charge is 0.0312 e. The molecule has 0 unspecified atom stereocenters. The summed E-state index contributed by atoms with van der Waals surface area (Å²) in [6.45, 7) is 11.4. The van der Waals surface area contributed by atoms with Crippen molar-refractivity contribution < 1.29 is 0 Å². The van der Waals surface area contributed by atoms with E-state index in [1.807, 2.05) is 0 Å². The molecule has 0 nitrogen and oxygen atoms in total. The van der Waals surface area contributed by atoms with Gasteiger partial charge in [0.1, 0.15) is 0 Å². The third-order valence-corrected chi connectivity index (χ3v) is 1.02. The van der Waals surface area contributed by atoms with Gasteiger partial charge in [-0.1, -0.05) is 34.6 Å². The second-order valence-electron chi connectivity index (χ2n) is 4.16. The summed E-state index contributed by atoms with van der Waals surface area (Å²) in [4.78, 5) is 0. The van der Waals surface area contributed by atoms with Gasteiger partial charge in [0.15, 0.2) is 0 Å². The fourth-order valence-corrected chi connectivity index (χ4v) is 1.22. The van der Waals surface area contributed by atoms with Crippen molar-refractivity contribution in [1.82, 2.24) is 0 Å². The summed E-state index contributed by atoms with van der Waals surface area (Å²) in [6.07, 6.45) is 1.33. The summed E-state index contributed by atoms with van der Waals surface area (Å²) in [5.41, 5.74) is 0.522. The average molecular weight is 127 g/mol. The van der Waals surface area contributed by atoms with E-state index in [0.717, 1.165) is 5.92 Å². The lowest BCUT2D eigenvalue weighted by Gasteiger charge is -2.19. The zero-order chi connectivity index (χ0) is 6.78. The van der Waals surface area contributed by atoms with Gasteiger partial charge in [-0.25, -0.2) is 0 Å². The molecule has 0 bridgehead atoms. The molecular formula is C9H19. The van der Waals surface area contributed by atoms with Gasteiger partial charge in [-0.15, -0.1) is 0 Å². The van der Waals surface area contributed by atoms with Crippen LogP contribution in [0.1, 0.15) is 41.0 Å². The molecule has 0 heterocycles. The van der Waals surface area contributed by atoms with Crippen LogP contribution in [0.15, 0.2) is 0 Å². The molecule has 0 aromatic rings. The Balaban J connectivity index is 0. The molecule has 0 aromatic carbocycles. The Labute approximate surface area is 60.7 Å². The highest BCUT2D eigenvalue weighted by atomic mass is 14.2. The maximum absolute atomic E-state index is 2.28. The molecule has 0 spiro atoms. The van der Waals surface area contributed by atoms with Crippen molar-refractivity contribution in [2.24, 2.45) is 11.3 Å². The Morgan fingerprint density at radius 2 is 1.44 bits per heavy atom. The van der Waals surface area contributed by atoms with Gasteiger partial charge in [-0.3, -0.25) is 0 Å². The van der Waals surface area contributed by atoms with Crippen LogP contribution in [0.25, 0.3) is 0 Å². The predicted octanol–water partition coefficient (Wildman–Crippen LogP) is 3.28. The molecule has 0 aliphatic heterocycles. The molecule has 0 saturated heterocycles. The zero-order valence-corrected chi connectivity index (χ0v) is 7.36. The molecule has 0 aromatic heterocycles. The first-order valence-corrected chi connectivity index (χ1v) is 3.42. The highest BCUT2D eigenvalue weighted by Gasteiger charge is 2.11. The molecule has 0 aliphatic carbocycles. The lowest BCUT2D eigenvalue weighted by Crippen LogP contribution is -2.08. The standard InChI is InChI=1S/C8H18.CH/c1-7(2)6-8(3,4)5;/h7H,6H2,1-5H3;1H. The van der Waals surface area contributed by atoms with E-state index in [1.54, 1.807) is 0 Å². The van der Waals surface area contributed by atoms with E-state index in [0.29, 0.717) is 5.41 Å². The van der Waals surface area contributed by atoms with Gasteiger partial charge in [0.05, 0.1) is 0 Å². The van der Waals surface area contributed by atoms with E-state index in [4.69, 9.17) is 0 Å². The van der Waals surface area contributed by atoms with Gasteiger partial charge in [0.2, 0.25) is 0 Å². The highest BCUT2D eigenvalue weighted by molar-refractivity contribution is 4.62. The molecule has 0 heteroatoms. The van der Waals surface area contributed by atoms with E-state index < -0.39 is 0 Å². The molecule has 0 N–H and O–H groups in total. The molecule has 3 radical (unpaired) electrons. The first kappa shape index (κ1) is 11.8. The van der Waals surface area contributed by atoms with Crippen molar-refractivity contribution in [3.05, 3.63) is 7.43 Å². The SMILES string of the molecule is CC(C)CC(C)(C)C.[CH]. The summed E-state index contributed by atoms with van der Waals surface area (Å²) >= 11 is 0. The minimum atomic E-state index is 0. The van der Waals surface area contributed by atoms with Crippen molar-refractivity contribution >= 4 is 0 Å². The minimum Gasteiger partial charge on any atom is -0.0628 e. The first-order chi connectivity index (χ1) is 3.42. The summed E-state index contributed by atoms with van der Waals surface area (Å²) < 4.78 is 0. The Morgan fingerprint density at radius 1 is 1.11 bits per heavy atom. The van der Waals surface area contributed by atoms with Crippen LogP contribution in [0.2, 0.25) is 0 Å². The lowest BCUT2D eigenvalue weighted by molar-refractivity contribution is 0.320. The fraction of sp³-hybridized carbons (Fsp3) is 0.889. The second kappa shape index (κ2) is 3.92. The maximum Gasteiger partial charge on any atom is -0.0312 e. The van der Waals surface area contributed by atoms with E-state index in [9.17, 15) is 0 Å². The molecular weight excluding hydrogens is 108 g/mol. The van der Waals surface area contributed by atoms with Crippen LogP contribution in [0, 0.1) is 18.8 Å². The normalized spacial score (nSPS) is 11.3. The lowest BCUT2D eigenvalue weighted by atomic mass is 9.86. The molecule has 0 amide bonds. The molecule has 9 heavy (non-hydrogen) atoms. The summed E-state index contributed by atoms with van der Waals surface area (Å²) in [5.74, 6) is 0.843. The van der Waals surface area contributed by atoms with Gasteiger partial charge >= 0.3 is 0 Å². The maximum atomic E-state index is 2.28. The fourth-order valence-electron chi connectivity index (χ4n) is 1.22. The quantitative estimate of drug-likeness (QED) is 0.507. The largest absolute Gasteiger partial charge is 0.0628 e. The van der Waals surface area contributed by atoms with Crippen LogP contribution in [0.3, 0.4) is 0 Å². The Hall–Kier alpha value is 0. The summed E-state index contributed by atoms with van der Waals surface area (Å²) in [5, 5.41) is 0. The van der Waals surface area contributed by atoms with E-state index >= 15 is 0 Å². The molecule has 0 aliphatic rings. The Morgan fingerprint density at radius 3 is 1.44 bits per heavy atom. The van der Waals surface area contributed by atoms with Gasteiger partial charge in [0.25, 0.3) is 0 Å². The van der Waals surface area contributed by atoms with E-state index in [2.05, 4.69) is 34.6 Å². The van der Waals surface area contributed by atoms with Gasteiger partial charge in [0, 0.05) is 0 Å². The third kappa shape index (κ3) is 11.5. The van der Waals surface area contributed by atoms with Gasteiger partial charge < -0.3 is 0 Å². The molecule has 0 atom stereocenters. The zero-order valence-electron chi connectivity index (χ0n) is 7.36. The Bertz CT molecular complexity index is 54.9. The van der Waals surface area contributed by atoms with E-state index in [-0.39, 0.29) is 7.43 Å². The van der Waals surface area contributed by atoms with Gasteiger partial charge in [-0.05, 0) is 25.2 Å². The van der Waals surface area contributed by atoms with Crippen molar-refractivity contribution in [3.63, 3.8) is 0 Å². The molecule has 0 saturated carbocycles. The van der Waals surface area contributed by atoms with Crippen LogP contribution >= 0.6 is 0 Å². The van der Waals surface area contributed by atoms with Gasteiger partial charge in [-0.2, -0.15) is 0 Å². The average Bonchev–Trinajstić information content (AvgIpc) is 1.21. The molecule has 0 rings (SSSR count). The summed E-state index contributed by atoms with van der Waals surface area (Å²) in [7, 11) is 0. The van der Waals surface area contributed by atoms with Crippen molar-refractivity contribution in [3.8, 4) is 0 Å². The molecule has 55 valence electrons. The topological polar surface area (TPSA) is 0 Å². The monoisotopic (exact) mass is 127 g/mol. The van der Waals surface area contributed by atoms with Crippen molar-refractivity contribution in [1.29, 1.82) is 0 Å². The third-order valence-electron chi connectivity index (χ3n) is 1.02. The number of hydrogen-bond acceptors (Lipinski definition) is 0. The summed E-state index contributed by atoms with van der Waals surface area (Å²) in [6, 6.07) is 0. The minimum absolute atomic E-state index is 0. The van der Waals surface area contributed by atoms with Crippen molar-refractivity contribution in [2.45, 2.75) is 41.0 Å². The number of rotatable bonds is 1. The van der Waals surface area contributed by atoms with Crippen LogP contribution in [-0.2, 0) is 0 Å². The number of hydrogen-bond donors (Lipinski definition) is 0. The van der Waals surface area contributed by atoms with Crippen LogP contribution in [0.5, 0.6) is 0 Å². The van der Waals surface area contributed by atoms with Crippen LogP contribution in [-0.4, -0.2) is 0 Å². The molecule has 0 fully saturated rings.